The highest BCUT2D eigenvalue weighted by atomic mass is 32.2. The summed E-state index contributed by atoms with van der Waals surface area (Å²) in [6.07, 6.45) is 0. The summed E-state index contributed by atoms with van der Waals surface area (Å²) in [4.78, 5) is 4.60. The highest BCUT2D eigenvalue weighted by Gasteiger charge is 2.21. The fraction of sp³-hybridized carbons (Fsp3) is 0.350. The van der Waals surface area contributed by atoms with Crippen LogP contribution in [0.15, 0.2) is 58.4 Å². The number of primary sulfonamides is 1. The first-order chi connectivity index (χ1) is 13.1. The monoisotopic (exact) mass is 406 g/mol. The summed E-state index contributed by atoms with van der Waals surface area (Å²) in [6, 6.07) is 12.9. The number of benzene rings is 2. The van der Waals surface area contributed by atoms with Crippen LogP contribution in [0.1, 0.15) is 31.9 Å². The van der Waals surface area contributed by atoms with Gasteiger partial charge >= 0.3 is 0 Å². The normalized spacial score (nSPS) is 12.7. The summed E-state index contributed by atoms with van der Waals surface area (Å²) < 4.78 is 36.2. The molecule has 0 radical (unpaired) electrons. The Hall–Kier alpha value is -2.45. The molecule has 2 aromatic rings. The number of hydrogen-bond donors (Lipinski definition) is 3. The van der Waals surface area contributed by atoms with E-state index in [1.807, 2.05) is 26.8 Å². The Labute approximate surface area is 166 Å². The van der Waals surface area contributed by atoms with Gasteiger partial charge in [-0.1, -0.05) is 38.1 Å². The average Bonchev–Trinajstić information content (AvgIpc) is 2.63. The maximum absolute atomic E-state index is 13.5. The van der Waals surface area contributed by atoms with Gasteiger partial charge in [-0.15, -0.1) is 0 Å². The van der Waals surface area contributed by atoms with Crippen molar-refractivity contribution in [3.63, 3.8) is 0 Å². The molecule has 28 heavy (non-hydrogen) atoms. The van der Waals surface area contributed by atoms with Gasteiger partial charge in [-0.05, 0) is 42.3 Å². The number of halogens is 1. The lowest BCUT2D eigenvalue weighted by Gasteiger charge is -2.27. The molecule has 2 rings (SSSR count). The molecule has 0 heterocycles. The zero-order valence-corrected chi connectivity index (χ0v) is 17.2. The lowest BCUT2D eigenvalue weighted by Crippen LogP contribution is -2.43. The Balaban J connectivity index is 2.06. The first kappa shape index (κ1) is 21.8. The highest BCUT2D eigenvalue weighted by molar-refractivity contribution is 7.89. The summed E-state index contributed by atoms with van der Waals surface area (Å²) >= 11 is 0. The largest absolute Gasteiger partial charge is 0.357 e. The first-order valence-corrected chi connectivity index (χ1v) is 10.6. The maximum Gasteiger partial charge on any atom is 0.238 e. The summed E-state index contributed by atoms with van der Waals surface area (Å²) in [7, 11) is -3.70. The Kier molecular flexibility index (Phi) is 7.15. The standard InChI is InChI=1S/C20H27FN4O2S/c1-4-23-19(24-13-15-8-10-18(11-9-15)28(22,26)27)25-14-20(2,3)16-6-5-7-17(21)12-16/h5-12H,4,13-14H2,1-3H3,(H2,22,26,27)(H2,23,24,25). The Morgan fingerprint density at radius 1 is 1.14 bits per heavy atom. The molecule has 0 amide bonds. The second kappa shape index (κ2) is 9.16. The number of guanidine groups is 1. The fourth-order valence-electron chi connectivity index (χ4n) is 2.61. The van der Waals surface area contributed by atoms with Crippen LogP contribution in [0.2, 0.25) is 0 Å². The molecule has 0 bridgehead atoms. The van der Waals surface area contributed by atoms with Crippen LogP contribution < -0.4 is 15.8 Å². The van der Waals surface area contributed by atoms with Crippen molar-refractivity contribution in [2.45, 2.75) is 37.6 Å². The van der Waals surface area contributed by atoms with Gasteiger partial charge in [-0.25, -0.2) is 22.9 Å². The summed E-state index contributed by atoms with van der Waals surface area (Å²) in [6.45, 7) is 7.66. The molecule has 2 aromatic carbocycles. The van der Waals surface area contributed by atoms with Crippen LogP contribution in [0.25, 0.3) is 0 Å². The molecule has 0 unspecified atom stereocenters. The van der Waals surface area contributed by atoms with E-state index in [0.29, 0.717) is 25.6 Å². The Bertz CT molecular complexity index is 925. The molecule has 0 aromatic heterocycles. The zero-order valence-electron chi connectivity index (χ0n) is 16.4. The van der Waals surface area contributed by atoms with E-state index < -0.39 is 10.0 Å². The second-order valence-corrected chi connectivity index (χ2v) is 8.69. The summed E-state index contributed by atoms with van der Waals surface area (Å²) in [5.74, 6) is 0.372. The van der Waals surface area contributed by atoms with Crippen LogP contribution in [-0.4, -0.2) is 27.5 Å². The molecule has 0 aliphatic carbocycles. The van der Waals surface area contributed by atoms with Crippen molar-refractivity contribution in [2.24, 2.45) is 10.1 Å². The molecule has 0 spiro atoms. The van der Waals surface area contributed by atoms with Gasteiger partial charge in [-0.2, -0.15) is 0 Å². The van der Waals surface area contributed by atoms with Gasteiger partial charge in [0.05, 0.1) is 11.4 Å². The van der Waals surface area contributed by atoms with E-state index in [-0.39, 0.29) is 16.1 Å². The number of nitrogens with two attached hydrogens (primary N) is 1. The van der Waals surface area contributed by atoms with E-state index in [2.05, 4.69) is 15.6 Å². The third-order valence-corrected chi connectivity index (χ3v) is 5.25. The quantitative estimate of drug-likeness (QED) is 0.486. The van der Waals surface area contributed by atoms with Crippen LogP contribution in [0, 0.1) is 5.82 Å². The molecule has 0 saturated carbocycles. The number of rotatable bonds is 7. The van der Waals surface area contributed by atoms with E-state index in [0.717, 1.165) is 11.1 Å². The van der Waals surface area contributed by atoms with Crippen LogP contribution in [0.4, 0.5) is 4.39 Å². The minimum absolute atomic E-state index is 0.0714. The smallest absolute Gasteiger partial charge is 0.238 e. The molecule has 4 N–H and O–H groups in total. The topological polar surface area (TPSA) is 96.6 Å². The van der Waals surface area contributed by atoms with Gasteiger partial charge in [-0.3, -0.25) is 0 Å². The number of nitrogens with one attached hydrogen (secondary N) is 2. The molecule has 6 nitrogen and oxygen atoms in total. The lowest BCUT2D eigenvalue weighted by molar-refractivity contribution is 0.503. The molecule has 0 atom stereocenters. The molecular formula is C20H27FN4O2S. The molecule has 8 heteroatoms. The van der Waals surface area contributed by atoms with Crippen LogP contribution in [0.5, 0.6) is 0 Å². The van der Waals surface area contributed by atoms with Crippen molar-refractivity contribution in [3.8, 4) is 0 Å². The van der Waals surface area contributed by atoms with Crippen LogP contribution in [0.3, 0.4) is 0 Å². The molecule has 0 aliphatic rings. The third-order valence-electron chi connectivity index (χ3n) is 4.32. The third kappa shape index (κ3) is 6.31. The second-order valence-electron chi connectivity index (χ2n) is 7.13. The first-order valence-electron chi connectivity index (χ1n) is 9.02. The van der Waals surface area contributed by atoms with Crippen molar-refractivity contribution in [1.29, 1.82) is 0 Å². The summed E-state index contributed by atoms with van der Waals surface area (Å²) in [5.41, 5.74) is 1.46. The number of nitrogens with zero attached hydrogens (tertiary/aromatic N) is 1. The Morgan fingerprint density at radius 2 is 1.82 bits per heavy atom. The minimum atomic E-state index is -3.70. The van der Waals surface area contributed by atoms with Gasteiger partial charge in [0, 0.05) is 18.5 Å². The van der Waals surface area contributed by atoms with Crippen molar-refractivity contribution in [3.05, 3.63) is 65.5 Å². The highest BCUT2D eigenvalue weighted by Crippen LogP contribution is 2.22. The molecule has 0 fully saturated rings. The van der Waals surface area contributed by atoms with Crippen LogP contribution >= 0.6 is 0 Å². The van der Waals surface area contributed by atoms with Crippen molar-refractivity contribution >= 4 is 16.0 Å². The Morgan fingerprint density at radius 3 is 2.39 bits per heavy atom. The van der Waals surface area contributed by atoms with Gasteiger partial charge in [0.25, 0.3) is 0 Å². The number of aliphatic imine (C=N–C) groups is 1. The predicted octanol–water partition coefficient (Wildman–Crippen LogP) is 2.51. The SMILES string of the molecule is CCNC(=NCc1ccc(S(N)(=O)=O)cc1)NCC(C)(C)c1cccc(F)c1. The van der Waals surface area contributed by atoms with E-state index in [1.165, 1.54) is 18.2 Å². The minimum Gasteiger partial charge on any atom is -0.357 e. The van der Waals surface area contributed by atoms with Crippen molar-refractivity contribution in [2.75, 3.05) is 13.1 Å². The van der Waals surface area contributed by atoms with Crippen LogP contribution in [-0.2, 0) is 22.0 Å². The number of sulfonamides is 1. The van der Waals surface area contributed by atoms with E-state index in [4.69, 9.17) is 5.14 Å². The maximum atomic E-state index is 13.5. The molecular weight excluding hydrogens is 379 g/mol. The molecule has 0 aliphatic heterocycles. The van der Waals surface area contributed by atoms with Gasteiger partial charge in [0.1, 0.15) is 5.82 Å². The van der Waals surface area contributed by atoms with Gasteiger partial charge in [0.15, 0.2) is 5.96 Å². The fourth-order valence-corrected chi connectivity index (χ4v) is 3.13. The number of hydrogen-bond acceptors (Lipinski definition) is 3. The summed E-state index contributed by atoms with van der Waals surface area (Å²) in [5, 5.41) is 11.6. The average molecular weight is 407 g/mol. The molecule has 152 valence electrons. The van der Waals surface area contributed by atoms with E-state index >= 15 is 0 Å². The van der Waals surface area contributed by atoms with E-state index in [9.17, 15) is 12.8 Å². The van der Waals surface area contributed by atoms with Crippen molar-refractivity contribution in [1.82, 2.24) is 10.6 Å². The zero-order chi connectivity index (χ0) is 20.8. The van der Waals surface area contributed by atoms with Gasteiger partial charge in [0.2, 0.25) is 10.0 Å². The van der Waals surface area contributed by atoms with Gasteiger partial charge < -0.3 is 10.6 Å². The van der Waals surface area contributed by atoms with Crippen molar-refractivity contribution < 1.29 is 12.8 Å². The molecule has 0 saturated heterocycles. The lowest BCUT2D eigenvalue weighted by atomic mass is 9.84. The van der Waals surface area contributed by atoms with E-state index in [1.54, 1.807) is 24.3 Å². The predicted molar refractivity (Wildman–Crippen MR) is 110 cm³/mol.